The summed E-state index contributed by atoms with van der Waals surface area (Å²) in [4.78, 5) is 4.70. The molecule has 12 bridgehead atoms. The molecule has 0 unspecified atom stereocenters. The van der Waals surface area contributed by atoms with Gasteiger partial charge >= 0.3 is 0 Å². The summed E-state index contributed by atoms with van der Waals surface area (Å²) >= 11 is 0. The van der Waals surface area contributed by atoms with E-state index in [0.717, 1.165) is 101 Å². The van der Waals surface area contributed by atoms with Gasteiger partial charge in [0.05, 0.1) is 45.3 Å². The Balaban J connectivity index is 1.50. The van der Waals surface area contributed by atoms with Crippen molar-refractivity contribution < 1.29 is 38.6 Å². The molecule has 0 amide bonds. The average molecular weight is 1060 g/mol. The molecule has 78 heavy (non-hydrogen) atoms. The molecule has 0 radical (unpaired) electrons. The number of fused-ring (bicyclic) bond motifs is 6. The highest BCUT2D eigenvalue weighted by molar-refractivity contribution is 5.60. The van der Waals surface area contributed by atoms with Gasteiger partial charge in [0.1, 0.15) is 48.6 Å². The number of hydrogen-bond acceptors (Lipinski definition) is 9. The van der Waals surface area contributed by atoms with Crippen LogP contribution >= 0.6 is 0 Å². The molecule has 1 aromatic heterocycles. The Morgan fingerprint density at radius 1 is 0.385 bits per heavy atom. The molecule has 0 atom stereocenters. The predicted octanol–water partition coefficient (Wildman–Crippen LogP) is 14.6. The van der Waals surface area contributed by atoms with E-state index in [1.165, 1.54) is 5.56 Å². The van der Waals surface area contributed by atoms with Crippen molar-refractivity contribution in [2.75, 3.05) is 52.9 Å². The van der Waals surface area contributed by atoms with Crippen LogP contribution in [0, 0.1) is 0 Å². The van der Waals surface area contributed by atoms with Crippen molar-refractivity contribution >= 4 is 0 Å². The molecule has 2 aliphatic rings. The normalized spacial score (nSPS) is 15.7. The lowest BCUT2D eigenvalue weighted by Crippen LogP contribution is -2.19. The Labute approximate surface area is 467 Å². The van der Waals surface area contributed by atoms with Crippen LogP contribution in [0.25, 0.3) is 0 Å². The van der Waals surface area contributed by atoms with Crippen LogP contribution in [0.2, 0.25) is 0 Å². The zero-order valence-corrected chi connectivity index (χ0v) is 49.8. The summed E-state index contributed by atoms with van der Waals surface area (Å²) in [5, 5.41) is 25.7. The molecule has 1 aliphatic carbocycles. The van der Waals surface area contributed by atoms with Crippen molar-refractivity contribution in [1.82, 2.24) is 4.98 Å². The second-order valence-corrected chi connectivity index (χ2v) is 26.9. The lowest BCUT2D eigenvalue weighted by molar-refractivity contribution is 0.00474. The summed E-state index contributed by atoms with van der Waals surface area (Å²) in [7, 11) is 0. The number of hydrogen-bond donors (Lipinski definition) is 2. The maximum absolute atomic E-state index is 12.8. The lowest BCUT2D eigenvalue weighted by Gasteiger charge is -2.28. The van der Waals surface area contributed by atoms with E-state index >= 15 is 0 Å². The average Bonchev–Trinajstić information content (AvgIpc) is 3.48. The fourth-order valence-electron chi connectivity index (χ4n) is 10.4. The smallest absolute Gasteiger partial charge is 0.130 e. The summed E-state index contributed by atoms with van der Waals surface area (Å²) in [6, 6.07) is 28.4. The Morgan fingerprint density at radius 2 is 0.667 bits per heavy atom. The molecule has 9 nitrogen and oxygen atoms in total. The van der Waals surface area contributed by atoms with Crippen molar-refractivity contribution in [1.29, 1.82) is 0 Å². The van der Waals surface area contributed by atoms with Gasteiger partial charge in [0.2, 0.25) is 0 Å². The number of phenols is 2. The zero-order valence-electron chi connectivity index (χ0n) is 49.8. The monoisotopic (exact) mass is 1060 g/mol. The quantitative estimate of drug-likeness (QED) is 0.179. The van der Waals surface area contributed by atoms with Gasteiger partial charge in [0.25, 0.3) is 0 Å². The minimum Gasteiger partial charge on any atom is -0.507 e. The molecule has 1 aliphatic heterocycles. The number of pyridine rings is 1. The van der Waals surface area contributed by atoms with Gasteiger partial charge in [-0.15, -0.1) is 0 Å². The van der Waals surface area contributed by atoms with E-state index in [0.29, 0.717) is 85.0 Å². The van der Waals surface area contributed by atoms with Crippen molar-refractivity contribution in [3.05, 3.63) is 174 Å². The first-order valence-corrected chi connectivity index (χ1v) is 28.3. The maximum atomic E-state index is 12.8. The first-order valence-electron chi connectivity index (χ1n) is 28.3. The number of aromatic hydroxyl groups is 2. The molecular formula is C69H89NO8. The Bertz CT molecular complexity index is 3060. The summed E-state index contributed by atoms with van der Waals surface area (Å²) in [5.74, 6) is 2.75. The molecule has 418 valence electrons. The highest BCUT2D eigenvalue weighted by atomic mass is 16.6. The van der Waals surface area contributed by atoms with E-state index in [2.05, 4.69) is 165 Å². The highest BCUT2D eigenvalue weighted by Crippen LogP contribution is 2.45. The van der Waals surface area contributed by atoms with E-state index in [-0.39, 0.29) is 45.2 Å². The molecule has 0 spiro atoms. The largest absolute Gasteiger partial charge is 0.507 e. The van der Waals surface area contributed by atoms with E-state index < -0.39 is 0 Å². The minimum absolute atomic E-state index is 0.213. The third kappa shape index (κ3) is 14.3. The standard InChI is InChI=1S/C69H89NO8/c1-65(2,3)54-33-44-28-45-34-55(66(4,5)6)36-47(61(45)72)30-49-38-57(68(10,11)12)42-53(64(49)78-43-59-18-16-17-19-70-59)32-52-41-58(69(13,14)15)40-51-31-50-39-56(67(7,8)9)37-48(29-46(35-54)60(44)71)62(50)76-26-24-74-22-20-73-21-23-75-25-27-77-63(51)52/h16-19,33-42,71-72H,20-32,43H2,1-15H3. The maximum Gasteiger partial charge on any atom is 0.130 e. The predicted molar refractivity (Wildman–Crippen MR) is 315 cm³/mol. The highest BCUT2D eigenvalue weighted by Gasteiger charge is 2.30. The lowest BCUT2D eigenvalue weighted by atomic mass is 9.79. The Kier molecular flexibility index (Phi) is 17.5. The third-order valence-electron chi connectivity index (χ3n) is 15.3. The third-order valence-corrected chi connectivity index (χ3v) is 15.3. The molecule has 2 N–H and O–H groups in total. The summed E-state index contributed by atoms with van der Waals surface area (Å²) in [6.07, 6.45) is 3.92. The van der Waals surface area contributed by atoms with Gasteiger partial charge in [0, 0.05) is 38.3 Å². The summed E-state index contributed by atoms with van der Waals surface area (Å²) < 4.78 is 39.5. The second kappa shape index (κ2) is 23.5. The van der Waals surface area contributed by atoms with E-state index in [1.807, 2.05) is 18.2 Å². The van der Waals surface area contributed by atoms with Gasteiger partial charge in [-0.3, -0.25) is 4.98 Å². The zero-order chi connectivity index (χ0) is 56.4. The first kappa shape index (κ1) is 58.3. The Morgan fingerprint density at radius 3 is 1.00 bits per heavy atom. The van der Waals surface area contributed by atoms with Gasteiger partial charge in [-0.1, -0.05) is 171 Å². The summed E-state index contributed by atoms with van der Waals surface area (Å²) in [6.45, 7) is 37.0. The number of aromatic nitrogens is 1. The van der Waals surface area contributed by atoms with Gasteiger partial charge < -0.3 is 38.6 Å². The van der Waals surface area contributed by atoms with E-state index in [9.17, 15) is 10.2 Å². The fourth-order valence-corrected chi connectivity index (χ4v) is 10.4. The van der Waals surface area contributed by atoms with Crippen LogP contribution in [0.15, 0.2) is 85.1 Å². The topological polar surface area (TPSA) is 109 Å². The number of phenolic OH excluding ortho intramolecular Hbond substituents is 2. The first-order chi connectivity index (χ1) is 36.6. The number of rotatable bonds is 3. The van der Waals surface area contributed by atoms with Crippen LogP contribution in [0.5, 0.6) is 28.7 Å². The van der Waals surface area contributed by atoms with Crippen LogP contribution in [-0.2, 0) is 80.0 Å². The fraction of sp³-hybridized carbons (Fsp3) is 0.493. The van der Waals surface area contributed by atoms with Crippen LogP contribution in [-0.4, -0.2) is 68.1 Å². The molecule has 0 saturated carbocycles. The molecular weight excluding hydrogens is 971 g/mol. The molecule has 5 aromatic carbocycles. The van der Waals surface area contributed by atoms with Crippen molar-refractivity contribution in [2.45, 2.75) is 170 Å². The van der Waals surface area contributed by atoms with E-state index in [4.69, 9.17) is 33.4 Å². The molecule has 9 heteroatoms. The molecule has 0 fully saturated rings. The van der Waals surface area contributed by atoms with Gasteiger partial charge in [-0.05, 0) is 123 Å². The van der Waals surface area contributed by atoms with Crippen LogP contribution in [0.4, 0.5) is 0 Å². The van der Waals surface area contributed by atoms with Crippen LogP contribution < -0.4 is 14.2 Å². The van der Waals surface area contributed by atoms with Crippen molar-refractivity contribution in [2.24, 2.45) is 0 Å². The molecule has 6 aromatic rings. The Hall–Kier alpha value is -5.87. The number of nitrogens with zero attached hydrogens (tertiary/aromatic N) is 1. The SMILES string of the molecule is CC(C)(C)c1cc2c(O)c(c1)Cc1cc(C(C)(C)C)cc3c1OCCOCCOCCOCCOc1c(cc(C(C)(C)C)cc1Cc1cc(C(C)(C)C)cc(c1OCc1ccccn1)Cc1cc(C(C)(C)C)cc(c1O)C2)C3. The van der Waals surface area contributed by atoms with Crippen LogP contribution in [0.1, 0.15) is 193 Å². The number of ether oxygens (including phenoxy) is 6. The van der Waals surface area contributed by atoms with Gasteiger partial charge in [0.15, 0.2) is 0 Å². The summed E-state index contributed by atoms with van der Waals surface area (Å²) in [5.41, 5.74) is 14.4. The second-order valence-electron chi connectivity index (χ2n) is 26.9. The molecule has 2 heterocycles. The van der Waals surface area contributed by atoms with Crippen LogP contribution in [0.3, 0.4) is 0 Å². The van der Waals surface area contributed by atoms with E-state index in [1.54, 1.807) is 6.20 Å². The molecule has 8 rings (SSSR count). The van der Waals surface area contributed by atoms with Gasteiger partial charge in [-0.2, -0.15) is 0 Å². The van der Waals surface area contributed by atoms with Crippen molar-refractivity contribution in [3.8, 4) is 28.7 Å². The number of benzene rings is 5. The molecule has 0 saturated heterocycles. The van der Waals surface area contributed by atoms with Crippen molar-refractivity contribution in [3.63, 3.8) is 0 Å². The minimum atomic E-state index is -0.263. The van der Waals surface area contributed by atoms with Gasteiger partial charge in [-0.25, -0.2) is 0 Å².